The summed E-state index contributed by atoms with van der Waals surface area (Å²) < 4.78 is 79.2. The minimum atomic E-state index is -5.52. The van der Waals surface area contributed by atoms with Gasteiger partial charge in [-0.25, -0.2) is 8.78 Å². The minimum Gasteiger partial charge on any atom is -0.379 e. The summed E-state index contributed by atoms with van der Waals surface area (Å²) in [6.45, 7) is 0. The van der Waals surface area contributed by atoms with Crippen LogP contribution in [-0.2, 0) is 20.1 Å². The third-order valence-corrected chi connectivity index (χ3v) is 2.90. The molecule has 0 saturated carbocycles. The molecule has 0 fully saturated rings. The molecule has 0 bridgehead atoms. The van der Waals surface area contributed by atoms with Crippen molar-refractivity contribution in [1.29, 1.82) is 0 Å². The van der Waals surface area contributed by atoms with Crippen LogP contribution in [0.25, 0.3) is 5.57 Å². The molecule has 2 nitrogen and oxygen atoms in total. The van der Waals surface area contributed by atoms with Crippen molar-refractivity contribution >= 4 is 11.3 Å². The van der Waals surface area contributed by atoms with Gasteiger partial charge in [-0.15, -0.1) is 5.57 Å². The van der Waals surface area contributed by atoms with Crippen molar-refractivity contribution in [3.05, 3.63) is 30.1 Å². The van der Waals surface area contributed by atoms with E-state index in [1.807, 2.05) is 0 Å². The fraction of sp³-hybridized carbons (Fsp3) is 0.417. The van der Waals surface area contributed by atoms with Crippen LogP contribution in [0.15, 0.2) is 18.3 Å². The van der Waals surface area contributed by atoms with Crippen LogP contribution in [-0.4, -0.2) is 36.8 Å². The number of aromatic nitrogens is 1. The average Bonchev–Trinajstić information content (AvgIpc) is 2.47. The summed E-state index contributed by atoms with van der Waals surface area (Å²) in [7, 11) is 3.15. The quantitative estimate of drug-likeness (QED) is 0.471. The van der Waals surface area contributed by atoms with E-state index in [0.29, 0.717) is 5.69 Å². The molecule has 1 aromatic heterocycles. The molecule has 119 valence electrons. The van der Waals surface area contributed by atoms with Gasteiger partial charge >= 0.3 is 11.8 Å². The number of hydrogen-bond acceptors (Lipinski definition) is 2. The van der Waals surface area contributed by atoms with Crippen LogP contribution in [0.4, 0.5) is 32.0 Å². The third-order valence-electron chi connectivity index (χ3n) is 2.90. The number of allylic oxidation sites excluding steroid dienone is 2. The van der Waals surface area contributed by atoms with Crippen molar-refractivity contribution in [3.8, 4) is 0 Å². The van der Waals surface area contributed by atoms with E-state index in [0.717, 1.165) is 18.3 Å². The molecule has 1 aliphatic carbocycles. The van der Waals surface area contributed by atoms with E-state index in [9.17, 15) is 26.3 Å². The predicted molar refractivity (Wildman–Crippen MR) is 60.1 cm³/mol. The summed E-state index contributed by atoms with van der Waals surface area (Å²) in [5.41, 5.74) is -1.88. The summed E-state index contributed by atoms with van der Waals surface area (Å²) in [6.07, 6.45) is 1.97. The number of hydrogen-bond donors (Lipinski definition) is 0. The van der Waals surface area contributed by atoms with Crippen molar-refractivity contribution in [2.45, 2.75) is 17.8 Å². The first-order valence-corrected chi connectivity index (χ1v) is 5.43. The molecule has 0 atom stereocenters. The van der Waals surface area contributed by atoms with Gasteiger partial charge in [0.05, 0.1) is 0 Å². The van der Waals surface area contributed by atoms with Crippen molar-refractivity contribution in [2.75, 3.05) is 19.0 Å². The zero-order valence-electron chi connectivity index (χ0n) is 10.7. The molecule has 0 spiro atoms. The van der Waals surface area contributed by atoms with Crippen LogP contribution in [0.3, 0.4) is 0 Å². The van der Waals surface area contributed by atoms with E-state index in [1.165, 1.54) is 11.0 Å². The molecule has 1 radical (unpaired) electrons. The second kappa shape index (κ2) is 5.28. The fourth-order valence-corrected chi connectivity index (χ4v) is 1.73. The second-order valence-electron chi connectivity index (χ2n) is 4.52. The van der Waals surface area contributed by atoms with E-state index in [1.54, 1.807) is 14.1 Å². The Morgan fingerprint density at radius 2 is 1.67 bits per heavy atom. The molecule has 0 N–H and O–H groups in total. The Labute approximate surface area is 130 Å². The minimum absolute atomic E-state index is 0. The summed E-state index contributed by atoms with van der Waals surface area (Å²) in [5.74, 6) is -15.6. The number of nitrogens with zero attached hydrogens (tertiary/aromatic N) is 2. The van der Waals surface area contributed by atoms with Gasteiger partial charge in [0.25, 0.3) is 5.92 Å². The maximum absolute atomic E-state index is 13.5. The zero-order chi connectivity index (χ0) is 15.3. The van der Waals surface area contributed by atoms with E-state index >= 15 is 0 Å². The zero-order valence-corrected chi connectivity index (χ0v) is 13.1. The van der Waals surface area contributed by atoms with Gasteiger partial charge in [0.2, 0.25) is 0 Å². The first kappa shape index (κ1) is 18.0. The monoisotopic (exact) mass is 488 g/mol. The van der Waals surface area contributed by atoms with Crippen LogP contribution in [0, 0.1) is 6.08 Å². The molecule has 0 aliphatic heterocycles. The molecule has 0 unspecified atom stereocenters. The molecule has 2 rings (SSSR count). The molecule has 1 heterocycles. The van der Waals surface area contributed by atoms with Crippen LogP contribution < -0.4 is 4.90 Å². The van der Waals surface area contributed by atoms with E-state index in [2.05, 4.69) is 4.98 Å². The van der Waals surface area contributed by atoms with Gasteiger partial charge in [-0.05, 0) is 6.07 Å². The third kappa shape index (κ3) is 2.57. The van der Waals surface area contributed by atoms with Gasteiger partial charge in [-0.1, -0.05) is 11.8 Å². The molecule has 9 heteroatoms. The molecule has 1 aromatic rings. The summed E-state index contributed by atoms with van der Waals surface area (Å²) in [6, 6.07) is 2.45. The van der Waals surface area contributed by atoms with Crippen LogP contribution in [0.1, 0.15) is 5.69 Å². The number of anilines is 1. The predicted octanol–water partition coefficient (Wildman–Crippen LogP) is 3.25. The number of pyridine rings is 1. The summed E-state index contributed by atoms with van der Waals surface area (Å²) in [4.78, 5) is 4.95. The number of rotatable bonds is 2. The summed E-state index contributed by atoms with van der Waals surface area (Å²) >= 11 is 0. The number of alkyl halides is 6. The molecule has 0 aromatic carbocycles. The van der Waals surface area contributed by atoms with Gasteiger partial charge < -0.3 is 9.88 Å². The Hall–Kier alpha value is -1.08. The Balaban J connectivity index is 0.00000220. The maximum Gasteiger partial charge on any atom is 0.360 e. The Morgan fingerprint density at radius 1 is 1.10 bits per heavy atom. The first-order chi connectivity index (χ1) is 9.00. The van der Waals surface area contributed by atoms with Crippen molar-refractivity contribution in [3.63, 3.8) is 0 Å². The Bertz CT molecular complexity index is 571. The molecule has 1 aliphatic rings. The van der Waals surface area contributed by atoms with Gasteiger partial charge in [0, 0.05) is 46.1 Å². The molecular weight excluding hydrogens is 478 g/mol. The summed E-state index contributed by atoms with van der Waals surface area (Å²) in [5, 5.41) is 0. The average molecular weight is 487 g/mol. The largest absolute Gasteiger partial charge is 0.379 e. The molecule has 0 saturated heterocycles. The fourth-order valence-electron chi connectivity index (χ4n) is 1.73. The van der Waals surface area contributed by atoms with Crippen molar-refractivity contribution in [1.82, 2.24) is 4.98 Å². The number of halogens is 6. The normalized spacial score (nSPS) is 21.4. The topological polar surface area (TPSA) is 16.1 Å². The standard InChI is InChI=1S/C12H9F6N2.Ir/c1-20(2)7-3-4-19-9(5-7)8-6-10(13,14)12(17,18)11(8,15)16;/h3-5H,1-2H3;/q-1;. The molecule has 21 heavy (non-hydrogen) atoms. The molecular formula is C12H9F6IrN2-. The van der Waals surface area contributed by atoms with Gasteiger partial charge in [-0.2, -0.15) is 23.6 Å². The van der Waals surface area contributed by atoms with Crippen LogP contribution in [0.5, 0.6) is 0 Å². The second-order valence-corrected chi connectivity index (χ2v) is 4.52. The van der Waals surface area contributed by atoms with E-state index in [-0.39, 0.29) is 20.1 Å². The van der Waals surface area contributed by atoms with Crippen LogP contribution in [0.2, 0.25) is 0 Å². The maximum atomic E-state index is 13.5. The smallest absolute Gasteiger partial charge is 0.360 e. The van der Waals surface area contributed by atoms with Gasteiger partial charge in [0.1, 0.15) is 0 Å². The van der Waals surface area contributed by atoms with Gasteiger partial charge in [-0.3, -0.25) is 0 Å². The first-order valence-electron chi connectivity index (χ1n) is 5.43. The van der Waals surface area contributed by atoms with Crippen LogP contribution >= 0.6 is 0 Å². The van der Waals surface area contributed by atoms with Gasteiger partial charge in [0.15, 0.2) is 0 Å². The SMILES string of the molecule is CN(C)c1ccnc(C2=[C-]C(F)(F)C(F)(F)C2(F)F)c1.[Ir]. The van der Waals surface area contributed by atoms with Crippen molar-refractivity contribution in [2.24, 2.45) is 0 Å². The van der Waals surface area contributed by atoms with E-state index < -0.39 is 29.0 Å². The van der Waals surface area contributed by atoms with E-state index in [4.69, 9.17) is 0 Å². The van der Waals surface area contributed by atoms with Crippen molar-refractivity contribution < 1.29 is 46.4 Å². The Kier molecular flexibility index (Phi) is 4.52. The Morgan fingerprint density at radius 3 is 2.10 bits per heavy atom. The molecule has 0 amide bonds.